The van der Waals surface area contributed by atoms with Crippen molar-refractivity contribution in [3.05, 3.63) is 53.5 Å². The molecule has 1 atom stereocenters. The molecule has 0 aliphatic carbocycles. The first-order chi connectivity index (χ1) is 12.3. The molecule has 2 rings (SSSR count). The Bertz CT molecular complexity index is 719. The first-order valence-corrected chi connectivity index (χ1v) is 9.20. The Balaban J connectivity index is 2.22. The molecule has 0 aliphatic rings. The molecular formula is C21H30N2O3. The van der Waals surface area contributed by atoms with Crippen LogP contribution >= 0.6 is 0 Å². The number of nitrogens with zero attached hydrogens (tertiary/aromatic N) is 1. The topological polar surface area (TPSA) is 65.7 Å². The summed E-state index contributed by atoms with van der Waals surface area (Å²) in [6, 6.07) is 9.35. The molecule has 0 radical (unpaired) electrons. The maximum Gasteiger partial charge on any atom is 0.322 e. The standard InChI is InChI=1S/C21H30N2O3/c1-6-17(7-2)23(18-11-10-15(3)16(4)13-18)20(24)22-14-21(5,25)19-9-8-12-26-19/h8-13,17,25H,6-7,14H2,1-5H3,(H,22,24)/t21-/m0/s1. The fourth-order valence-electron chi connectivity index (χ4n) is 3.03. The molecule has 0 fully saturated rings. The van der Waals surface area contributed by atoms with E-state index in [4.69, 9.17) is 4.42 Å². The van der Waals surface area contributed by atoms with Gasteiger partial charge in [0.1, 0.15) is 11.4 Å². The Morgan fingerprint density at radius 1 is 1.23 bits per heavy atom. The molecule has 0 unspecified atom stereocenters. The lowest BCUT2D eigenvalue weighted by atomic mass is 10.0. The van der Waals surface area contributed by atoms with E-state index in [1.165, 1.54) is 11.8 Å². The smallest absolute Gasteiger partial charge is 0.322 e. The van der Waals surface area contributed by atoms with Crippen molar-refractivity contribution in [3.8, 4) is 0 Å². The highest BCUT2D eigenvalue weighted by atomic mass is 16.4. The maximum absolute atomic E-state index is 13.0. The summed E-state index contributed by atoms with van der Waals surface area (Å²) in [5, 5.41) is 13.5. The number of nitrogens with one attached hydrogen (secondary N) is 1. The molecule has 0 spiro atoms. The van der Waals surface area contributed by atoms with E-state index in [1.807, 2.05) is 25.1 Å². The second-order valence-electron chi connectivity index (χ2n) is 7.02. The van der Waals surface area contributed by atoms with Gasteiger partial charge in [0.2, 0.25) is 0 Å². The molecule has 1 heterocycles. The third kappa shape index (κ3) is 4.47. The first kappa shape index (κ1) is 20.0. The molecule has 0 saturated carbocycles. The van der Waals surface area contributed by atoms with Gasteiger partial charge in [-0.25, -0.2) is 4.79 Å². The summed E-state index contributed by atoms with van der Waals surface area (Å²) in [5.41, 5.74) is 1.95. The monoisotopic (exact) mass is 358 g/mol. The largest absolute Gasteiger partial charge is 0.466 e. The number of amides is 2. The SMILES string of the molecule is CCC(CC)N(C(=O)NC[C@](C)(O)c1ccco1)c1ccc(C)c(C)c1. The summed E-state index contributed by atoms with van der Waals surface area (Å²) >= 11 is 0. The minimum absolute atomic E-state index is 0.0703. The van der Waals surface area contributed by atoms with Crippen molar-refractivity contribution < 1.29 is 14.3 Å². The van der Waals surface area contributed by atoms with Gasteiger partial charge in [0.05, 0.1) is 12.8 Å². The number of aliphatic hydroxyl groups is 1. The van der Waals surface area contributed by atoms with Gasteiger partial charge in [-0.3, -0.25) is 4.90 Å². The zero-order valence-corrected chi connectivity index (χ0v) is 16.4. The van der Waals surface area contributed by atoms with Crippen LogP contribution in [0.25, 0.3) is 0 Å². The first-order valence-electron chi connectivity index (χ1n) is 9.20. The van der Waals surface area contributed by atoms with Crippen molar-refractivity contribution in [2.45, 2.75) is 59.1 Å². The van der Waals surface area contributed by atoms with Crippen molar-refractivity contribution in [1.82, 2.24) is 5.32 Å². The van der Waals surface area contributed by atoms with Crippen LogP contribution in [0.1, 0.15) is 50.5 Å². The van der Waals surface area contributed by atoms with Crippen molar-refractivity contribution in [2.75, 3.05) is 11.4 Å². The van der Waals surface area contributed by atoms with Crippen LogP contribution in [-0.2, 0) is 5.60 Å². The number of rotatable bonds is 7. The second-order valence-corrected chi connectivity index (χ2v) is 7.02. The molecule has 26 heavy (non-hydrogen) atoms. The van der Waals surface area contributed by atoms with E-state index >= 15 is 0 Å². The summed E-state index contributed by atoms with van der Waals surface area (Å²) < 4.78 is 5.28. The highest BCUT2D eigenvalue weighted by Crippen LogP contribution is 2.25. The van der Waals surface area contributed by atoms with E-state index in [0.717, 1.165) is 24.1 Å². The van der Waals surface area contributed by atoms with E-state index in [1.54, 1.807) is 24.0 Å². The van der Waals surface area contributed by atoms with Gasteiger partial charge < -0.3 is 14.8 Å². The summed E-state index contributed by atoms with van der Waals surface area (Å²) in [7, 11) is 0. The lowest BCUT2D eigenvalue weighted by molar-refractivity contribution is 0.0369. The van der Waals surface area contributed by atoms with Gasteiger partial charge in [-0.05, 0) is 69.0 Å². The Hall–Kier alpha value is -2.27. The van der Waals surface area contributed by atoms with Crippen LogP contribution in [0.2, 0.25) is 0 Å². The van der Waals surface area contributed by atoms with Gasteiger partial charge in [0, 0.05) is 11.7 Å². The molecule has 0 aliphatic heterocycles. The van der Waals surface area contributed by atoms with E-state index in [9.17, 15) is 9.90 Å². The van der Waals surface area contributed by atoms with Gasteiger partial charge >= 0.3 is 6.03 Å². The highest BCUT2D eigenvalue weighted by molar-refractivity contribution is 5.92. The van der Waals surface area contributed by atoms with Gasteiger partial charge in [0.25, 0.3) is 0 Å². The Kier molecular flexibility index (Phi) is 6.48. The zero-order chi connectivity index (χ0) is 19.3. The van der Waals surface area contributed by atoms with Gasteiger partial charge in [-0.1, -0.05) is 19.9 Å². The second kappa shape index (κ2) is 8.41. The van der Waals surface area contributed by atoms with Crippen LogP contribution in [0.4, 0.5) is 10.5 Å². The van der Waals surface area contributed by atoms with Crippen LogP contribution in [0.3, 0.4) is 0 Å². The van der Waals surface area contributed by atoms with Gasteiger partial charge in [-0.15, -0.1) is 0 Å². The average Bonchev–Trinajstić information content (AvgIpc) is 3.16. The van der Waals surface area contributed by atoms with Crippen LogP contribution in [-0.4, -0.2) is 23.7 Å². The molecule has 2 N–H and O–H groups in total. The van der Waals surface area contributed by atoms with Crippen LogP contribution in [0, 0.1) is 13.8 Å². The summed E-state index contributed by atoms with van der Waals surface area (Å²) in [4.78, 5) is 14.8. The fourth-order valence-corrected chi connectivity index (χ4v) is 3.03. The van der Waals surface area contributed by atoms with Crippen LogP contribution in [0.5, 0.6) is 0 Å². The number of benzene rings is 1. The number of carbonyl (C=O) groups is 1. The van der Waals surface area contributed by atoms with E-state index in [0.29, 0.717) is 5.76 Å². The average molecular weight is 358 g/mol. The number of urea groups is 1. The number of anilines is 1. The minimum atomic E-state index is -1.26. The molecule has 0 bridgehead atoms. The van der Waals surface area contributed by atoms with Crippen molar-refractivity contribution >= 4 is 11.7 Å². The third-order valence-electron chi connectivity index (χ3n) is 4.93. The minimum Gasteiger partial charge on any atom is -0.466 e. The molecule has 2 amide bonds. The lowest BCUT2D eigenvalue weighted by Crippen LogP contribution is -2.49. The molecule has 142 valence electrons. The van der Waals surface area contributed by atoms with Crippen molar-refractivity contribution in [2.24, 2.45) is 0 Å². The number of furan rings is 1. The summed E-state index contributed by atoms with van der Waals surface area (Å²) in [6.45, 7) is 9.96. The van der Waals surface area contributed by atoms with Crippen molar-refractivity contribution in [1.29, 1.82) is 0 Å². The molecule has 5 heteroatoms. The maximum atomic E-state index is 13.0. The van der Waals surface area contributed by atoms with Crippen molar-refractivity contribution in [3.63, 3.8) is 0 Å². The molecule has 5 nitrogen and oxygen atoms in total. The normalized spacial score (nSPS) is 13.5. The summed E-state index contributed by atoms with van der Waals surface area (Å²) in [6.07, 6.45) is 3.22. The Morgan fingerprint density at radius 3 is 2.46 bits per heavy atom. The van der Waals surface area contributed by atoms with Gasteiger partial charge in [0.15, 0.2) is 0 Å². The summed E-state index contributed by atoms with van der Waals surface area (Å²) in [5.74, 6) is 0.429. The van der Waals surface area contributed by atoms with Crippen LogP contribution in [0.15, 0.2) is 41.0 Å². The van der Waals surface area contributed by atoms with E-state index in [-0.39, 0.29) is 18.6 Å². The van der Waals surface area contributed by atoms with Crippen LogP contribution < -0.4 is 10.2 Å². The number of hydrogen-bond donors (Lipinski definition) is 2. The predicted octanol–water partition coefficient (Wildman–Crippen LogP) is 4.51. The molecule has 2 aromatic rings. The highest BCUT2D eigenvalue weighted by Gasteiger charge is 2.29. The number of carbonyl (C=O) groups excluding carboxylic acids is 1. The van der Waals surface area contributed by atoms with E-state index in [2.05, 4.69) is 26.1 Å². The van der Waals surface area contributed by atoms with E-state index < -0.39 is 5.60 Å². The molecule has 0 saturated heterocycles. The Morgan fingerprint density at radius 2 is 1.92 bits per heavy atom. The molecule has 1 aromatic heterocycles. The number of aryl methyl sites for hydroxylation is 2. The zero-order valence-electron chi connectivity index (χ0n) is 16.4. The predicted molar refractivity (Wildman–Crippen MR) is 104 cm³/mol. The Labute approximate surface area is 156 Å². The third-order valence-corrected chi connectivity index (χ3v) is 4.93. The van der Waals surface area contributed by atoms with Gasteiger partial charge in [-0.2, -0.15) is 0 Å². The quantitative estimate of drug-likeness (QED) is 0.765. The fraction of sp³-hybridized carbons (Fsp3) is 0.476. The molecule has 1 aromatic carbocycles. The number of hydrogen-bond acceptors (Lipinski definition) is 3. The lowest BCUT2D eigenvalue weighted by Gasteiger charge is -2.32. The molecular weight excluding hydrogens is 328 g/mol.